The number of carbonyl (C=O) groups excluding carboxylic acids is 3. The molecule has 35 heavy (non-hydrogen) atoms. The Morgan fingerprint density at radius 1 is 1.06 bits per heavy atom. The SMILES string of the molecule is C=O.C=O.CC1CC(C(C)(C)Cc2cccc(C(F)(F)F)c2)C1.CCC(=O)C1CCC(F)(F)CC1.[HH]. The molecule has 3 rings (SSSR count). The number of alkyl halides is 5. The van der Waals surface area contributed by atoms with Crippen LogP contribution in [0.3, 0.4) is 0 Å². The van der Waals surface area contributed by atoms with Crippen molar-refractivity contribution in [3.05, 3.63) is 35.4 Å². The van der Waals surface area contributed by atoms with Crippen LogP contribution >= 0.6 is 0 Å². The van der Waals surface area contributed by atoms with Gasteiger partial charge in [0.2, 0.25) is 5.92 Å². The largest absolute Gasteiger partial charge is 0.416 e. The maximum absolute atomic E-state index is 12.7. The van der Waals surface area contributed by atoms with Crippen LogP contribution < -0.4 is 0 Å². The van der Waals surface area contributed by atoms with E-state index in [4.69, 9.17) is 9.59 Å². The van der Waals surface area contributed by atoms with Gasteiger partial charge >= 0.3 is 6.18 Å². The van der Waals surface area contributed by atoms with Crippen LogP contribution in [0.1, 0.15) is 85.2 Å². The Hall–Kier alpha value is -2.12. The van der Waals surface area contributed by atoms with Gasteiger partial charge in [-0.2, -0.15) is 13.2 Å². The number of hydrogen-bond acceptors (Lipinski definition) is 3. The average Bonchev–Trinajstić information content (AvgIpc) is 2.79. The minimum absolute atomic E-state index is 0. The summed E-state index contributed by atoms with van der Waals surface area (Å²) in [6.07, 6.45) is -0.111. The van der Waals surface area contributed by atoms with Crippen molar-refractivity contribution in [1.82, 2.24) is 0 Å². The molecule has 0 N–H and O–H groups in total. The molecule has 0 atom stereocenters. The van der Waals surface area contributed by atoms with Gasteiger partial charge in [-0.3, -0.25) is 4.79 Å². The molecule has 2 aliphatic carbocycles. The number of rotatable bonds is 5. The van der Waals surface area contributed by atoms with Crippen molar-refractivity contribution in [2.75, 3.05) is 0 Å². The highest BCUT2D eigenvalue weighted by Gasteiger charge is 2.38. The second kappa shape index (κ2) is 14.4. The molecule has 2 saturated carbocycles. The Labute approximate surface area is 207 Å². The predicted octanol–water partition coefficient (Wildman–Crippen LogP) is 7.99. The molecule has 2 fully saturated rings. The molecule has 1 aromatic carbocycles. The second-order valence-electron chi connectivity index (χ2n) is 10.1. The third-order valence-corrected chi connectivity index (χ3v) is 6.91. The van der Waals surface area contributed by atoms with Crippen molar-refractivity contribution < 1.29 is 37.8 Å². The van der Waals surface area contributed by atoms with E-state index < -0.39 is 17.7 Å². The lowest BCUT2D eigenvalue weighted by Crippen LogP contribution is -2.36. The average molecular weight is 509 g/mol. The van der Waals surface area contributed by atoms with Crippen LogP contribution in [0.25, 0.3) is 0 Å². The lowest BCUT2D eigenvalue weighted by molar-refractivity contribution is -0.137. The zero-order valence-corrected chi connectivity index (χ0v) is 21.2. The molecule has 0 saturated heterocycles. The smallest absolute Gasteiger partial charge is 0.307 e. The molecule has 0 spiro atoms. The molecule has 3 nitrogen and oxygen atoms in total. The highest BCUT2D eigenvalue weighted by Crippen LogP contribution is 2.47. The predicted molar refractivity (Wildman–Crippen MR) is 129 cm³/mol. The highest BCUT2D eigenvalue weighted by atomic mass is 19.4. The summed E-state index contributed by atoms with van der Waals surface area (Å²) < 4.78 is 63.3. The summed E-state index contributed by atoms with van der Waals surface area (Å²) in [6, 6.07) is 5.75. The quantitative estimate of drug-likeness (QED) is 0.379. The van der Waals surface area contributed by atoms with Crippen molar-refractivity contribution in [2.24, 2.45) is 23.2 Å². The van der Waals surface area contributed by atoms with E-state index in [1.165, 1.54) is 25.0 Å². The maximum Gasteiger partial charge on any atom is 0.416 e. The van der Waals surface area contributed by atoms with Crippen molar-refractivity contribution in [1.29, 1.82) is 0 Å². The van der Waals surface area contributed by atoms with Gasteiger partial charge in [0.25, 0.3) is 0 Å². The topological polar surface area (TPSA) is 51.2 Å². The lowest BCUT2D eigenvalue weighted by Gasteiger charge is -2.44. The first kappa shape index (κ1) is 32.9. The lowest BCUT2D eigenvalue weighted by atomic mass is 9.61. The number of carbonyl (C=O) groups is 3. The molecule has 2 aliphatic rings. The minimum atomic E-state index is -4.24. The number of benzene rings is 1. The van der Waals surface area contributed by atoms with Crippen molar-refractivity contribution >= 4 is 19.4 Å². The Balaban J connectivity index is 0. The van der Waals surface area contributed by atoms with E-state index in [9.17, 15) is 26.7 Å². The summed E-state index contributed by atoms with van der Waals surface area (Å²) in [7, 11) is 0. The molecule has 202 valence electrons. The van der Waals surface area contributed by atoms with Crippen LogP contribution in [-0.4, -0.2) is 25.3 Å². The van der Waals surface area contributed by atoms with Gasteiger partial charge in [-0.05, 0) is 61.0 Å². The molecule has 0 bridgehead atoms. The van der Waals surface area contributed by atoms with Gasteiger partial charge in [0.1, 0.15) is 19.4 Å². The Morgan fingerprint density at radius 2 is 1.57 bits per heavy atom. The second-order valence-corrected chi connectivity index (χ2v) is 10.1. The van der Waals surface area contributed by atoms with Gasteiger partial charge in [0, 0.05) is 26.6 Å². The molecule has 0 aromatic heterocycles. The van der Waals surface area contributed by atoms with Crippen molar-refractivity contribution in [2.45, 2.75) is 91.2 Å². The minimum Gasteiger partial charge on any atom is -0.307 e. The Bertz CT molecular complexity index is 765. The van der Waals surface area contributed by atoms with Gasteiger partial charge in [0.15, 0.2) is 0 Å². The molecule has 0 heterocycles. The summed E-state index contributed by atoms with van der Waals surface area (Å²) in [5.74, 6) is -1.05. The van der Waals surface area contributed by atoms with Crippen LogP contribution in [0.5, 0.6) is 0 Å². The van der Waals surface area contributed by atoms with Crippen LogP contribution in [0.15, 0.2) is 24.3 Å². The van der Waals surface area contributed by atoms with Gasteiger partial charge in [-0.1, -0.05) is 45.9 Å². The van der Waals surface area contributed by atoms with Crippen LogP contribution in [0.4, 0.5) is 22.0 Å². The third kappa shape index (κ3) is 11.0. The first-order chi connectivity index (χ1) is 16.2. The summed E-state index contributed by atoms with van der Waals surface area (Å²) >= 11 is 0. The summed E-state index contributed by atoms with van der Waals surface area (Å²) in [5.41, 5.74) is 0.332. The van der Waals surface area contributed by atoms with Crippen molar-refractivity contribution in [3.63, 3.8) is 0 Å². The summed E-state index contributed by atoms with van der Waals surface area (Å²) in [5, 5.41) is 0. The number of Topliss-reactive ketones (excluding diaryl/α,β-unsaturated/α-hetero) is 1. The monoisotopic (exact) mass is 508 g/mol. The van der Waals surface area contributed by atoms with E-state index in [0.717, 1.165) is 17.5 Å². The fourth-order valence-electron chi connectivity index (χ4n) is 4.72. The van der Waals surface area contributed by atoms with E-state index in [1.807, 2.05) is 13.6 Å². The fourth-order valence-corrected chi connectivity index (χ4v) is 4.72. The molecular weight excluding hydrogens is 467 g/mol. The first-order valence-corrected chi connectivity index (χ1v) is 11.9. The van der Waals surface area contributed by atoms with Gasteiger partial charge < -0.3 is 9.59 Å². The number of hydrogen-bond donors (Lipinski definition) is 0. The zero-order chi connectivity index (χ0) is 27.4. The molecule has 8 heteroatoms. The third-order valence-electron chi connectivity index (χ3n) is 6.91. The van der Waals surface area contributed by atoms with Crippen molar-refractivity contribution in [3.8, 4) is 0 Å². The summed E-state index contributed by atoms with van der Waals surface area (Å²) in [6.45, 7) is 12.4. The molecule has 1 aromatic rings. The Kier molecular flexibility index (Phi) is 13.6. The van der Waals surface area contributed by atoms with E-state index in [2.05, 4.69) is 20.8 Å². The first-order valence-electron chi connectivity index (χ1n) is 11.9. The van der Waals surface area contributed by atoms with Gasteiger partial charge in [0.05, 0.1) is 5.56 Å². The Morgan fingerprint density at radius 3 is 2.00 bits per heavy atom. The molecular formula is C27H41F5O3. The van der Waals surface area contributed by atoms with Crippen LogP contribution in [0, 0.1) is 23.2 Å². The molecule has 0 radical (unpaired) electrons. The van der Waals surface area contributed by atoms with E-state index in [0.29, 0.717) is 31.6 Å². The summed E-state index contributed by atoms with van der Waals surface area (Å²) in [4.78, 5) is 27.1. The molecule has 0 amide bonds. The van der Waals surface area contributed by atoms with E-state index in [-0.39, 0.29) is 31.4 Å². The number of ketones is 1. The maximum atomic E-state index is 12.7. The van der Waals surface area contributed by atoms with Gasteiger partial charge in [-0.25, -0.2) is 8.78 Å². The zero-order valence-electron chi connectivity index (χ0n) is 21.2. The number of halogens is 5. The van der Waals surface area contributed by atoms with E-state index >= 15 is 0 Å². The molecule has 0 unspecified atom stereocenters. The van der Waals surface area contributed by atoms with Gasteiger partial charge in [-0.15, -0.1) is 0 Å². The van der Waals surface area contributed by atoms with E-state index in [1.54, 1.807) is 13.0 Å². The van der Waals surface area contributed by atoms with Crippen LogP contribution in [0.2, 0.25) is 0 Å². The van der Waals surface area contributed by atoms with Crippen LogP contribution in [-0.2, 0) is 27.0 Å². The fraction of sp³-hybridized carbons (Fsp3) is 0.667. The highest BCUT2D eigenvalue weighted by molar-refractivity contribution is 5.80. The standard InChI is InChI=1S/C16H21F3.C9H14F2O.2CH2O.H2/c1-11-7-14(8-11)15(2,3)10-12-5-4-6-13(9-12)16(17,18)19;1-2-8(12)7-3-5-9(10,11)6-4-7;2*1-2;/h4-6,9,11,14H,7-8,10H2,1-3H3;7H,2-6H2,1H3;2*1H2;1H. The normalized spacial score (nSPS) is 21.5. The molecule has 0 aliphatic heterocycles.